The molecule has 5 aromatic rings. The van der Waals surface area contributed by atoms with Crippen LogP contribution in [0.3, 0.4) is 0 Å². The van der Waals surface area contributed by atoms with Crippen LogP contribution in [0, 0.1) is 0 Å². The summed E-state index contributed by atoms with van der Waals surface area (Å²) < 4.78 is 15.2. The molecule has 6 rings (SSSR count). The minimum atomic E-state index is -0.332. The first-order chi connectivity index (χ1) is 16.7. The van der Waals surface area contributed by atoms with Crippen LogP contribution in [0.5, 0.6) is 0 Å². The Morgan fingerprint density at radius 1 is 0.941 bits per heavy atom. The number of hydrogen-bond acceptors (Lipinski definition) is 5. The van der Waals surface area contributed by atoms with Crippen LogP contribution in [0.25, 0.3) is 44.2 Å². The quantitative estimate of drug-likeness (QED) is 0.348. The summed E-state index contributed by atoms with van der Waals surface area (Å²) in [5, 5.41) is 2.46. The molecule has 3 heterocycles. The molecule has 1 aliphatic heterocycles. The number of cyclic esters (lactones) is 1. The number of hydrogen-bond donors (Lipinski definition) is 0. The highest BCUT2D eigenvalue weighted by Gasteiger charge is 2.20. The SMILES string of the molecule is CCn1c2ccccc2c2cc(-c3nc4cc(C5=NCC(=O)O5)ccc4n3CCOC)ccc21. The van der Waals surface area contributed by atoms with E-state index in [2.05, 4.69) is 63.5 Å². The maximum atomic E-state index is 11.5. The zero-order valence-corrected chi connectivity index (χ0v) is 19.1. The molecule has 0 spiro atoms. The monoisotopic (exact) mass is 452 g/mol. The molecule has 7 heteroatoms. The van der Waals surface area contributed by atoms with E-state index in [1.807, 2.05) is 18.2 Å². The van der Waals surface area contributed by atoms with Gasteiger partial charge in [-0.05, 0) is 49.4 Å². The van der Waals surface area contributed by atoms with Crippen LogP contribution in [0.2, 0.25) is 0 Å². The predicted octanol–water partition coefficient (Wildman–Crippen LogP) is 4.78. The molecule has 170 valence electrons. The lowest BCUT2D eigenvalue weighted by molar-refractivity contribution is -0.132. The van der Waals surface area contributed by atoms with Crippen LogP contribution in [-0.4, -0.2) is 46.2 Å². The maximum Gasteiger partial charge on any atom is 0.334 e. The van der Waals surface area contributed by atoms with Crippen molar-refractivity contribution in [1.82, 2.24) is 14.1 Å². The second-order valence-electron chi connectivity index (χ2n) is 8.37. The molecule has 0 N–H and O–H groups in total. The smallest absolute Gasteiger partial charge is 0.334 e. The van der Waals surface area contributed by atoms with E-state index in [9.17, 15) is 4.79 Å². The van der Waals surface area contributed by atoms with Gasteiger partial charge in [0.1, 0.15) is 12.4 Å². The second-order valence-corrected chi connectivity index (χ2v) is 8.37. The van der Waals surface area contributed by atoms with Crippen LogP contribution in [0.15, 0.2) is 65.7 Å². The number of para-hydroxylation sites is 1. The van der Waals surface area contributed by atoms with Gasteiger partial charge in [0.05, 0.1) is 17.6 Å². The Labute approximate surface area is 196 Å². The molecule has 2 aromatic heterocycles. The number of nitrogens with zero attached hydrogens (tertiary/aromatic N) is 4. The Kier molecular flexibility index (Phi) is 4.92. The van der Waals surface area contributed by atoms with Gasteiger partial charge in [-0.2, -0.15) is 0 Å². The average Bonchev–Trinajstić information content (AvgIpc) is 3.55. The zero-order valence-electron chi connectivity index (χ0n) is 19.1. The van der Waals surface area contributed by atoms with Crippen LogP contribution < -0.4 is 0 Å². The summed E-state index contributed by atoms with van der Waals surface area (Å²) in [4.78, 5) is 20.7. The number of carbonyl (C=O) groups is 1. The molecule has 7 nitrogen and oxygen atoms in total. The molecular weight excluding hydrogens is 428 g/mol. The summed E-state index contributed by atoms with van der Waals surface area (Å²) in [6, 6.07) is 20.9. The zero-order chi connectivity index (χ0) is 23.2. The number of aryl methyl sites for hydroxylation is 1. The Balaban J connectivity index is 1.53. The number of fused-ring (bicyclic) bond motifs is 4. The minimum Gasteiger partial charge on any atom is -0.406 e. The third-order valence-corrected chi connectivity index (χ3v) is 6.42. The van der Waals surface area contributed by atoms with Gasteiger partial charge in [-0.25, -0.2) is 14.8 Å². The van der Waals surface area contributed by atoms with Gasteiger partial charge in [0.15, 0.2) is 0 Å². The molecule has 0 saturated heterocycles. The Morgan fingerprint density at radius 3 is 2.53 bits per heavy atom. The lowest BCUT2D eigenvalue weighted by Gasteiger charge is -2.10. The van der Waals surface area contributed by atoms with Crippen molar-refractivity contribution in [3.8, 4) is 11.4 Å². The summed E-state index contributed by atoms with van der Waals surface area (Å²) >= 11 is 0. The Bertz CT molecular complexity index is 1610. The molecule has 3 aromatic carbocycles. The van der Waals surface area contributed by atoms with Gasteiger partial charge in [-0.1, -0.05) is 18.2 Å². The fourth-order valence-electron chi connectivity index (χ4n) is 4.88. The number of carbonyl (C=O) groups excluding carboxylic acids is 1. The van der Waals surface area contributed by atoms with Gasteiger partial charge in [-0.3, -0.25) is 0 Å². The van der Waals surface area contributed by atoms with Crippen molar-refractivity contribution in [1.29, 1.82) is 0 Å². The molecular formula is C27H24N4O3. The minimum absolute atomic E-state index is 0.0618. The van der Waals surface area contributed by atoms with Crippen molar-refractivity contribution < 1.29 is 14.3 Å². The van der Waals surface area contributed by atoms with Crippen molar-refractivity contribution in [2.24, 2.45) is 4.99 Å². The van der Waals surface area contributed by atoms with E-state index in [0.717, 1.165) is 34.5 Å². The highest BCUT2D eigenvalue weighted by atomic mass is 16.6. The number of aliphatic imine (C=N–C) groups is 1. The number of benzene rings is 3. The average molecular weight is 453 g/mol. The lowest BCUT2D eigenvalue weighted by Crippen LogP contribution is -2.07. The molecule has 0 bridgehead atoms. The standard InChI is InChI=1S/C27H24N4O3/c1-3-30-22-7-5-4-6-19(22)20-14-17(8-10-23(20)30)26-29-21-15-18(27-28-16-25(32)34-27)9-11-24(21)31(26)12-13-33-2/h4-11,14-15H,3,12-13,16H2,1-2H3. The third-order valence-electron chi connectivity index (χ3n) is 6.42. The first kappa shape index (κ1) is 20.6. The molecule has 0 unspecified atom stereocenters. The summed E-state index contributed by atoms with van der Waals surface area (Å²) in [7, 11) is 1.70. The van der Waals surface area contributed by atoms with Crippen molar-refractivity contribution in [3.05, 3.63) is 66.2 Å². The first-order valence-corrected chi connectivity index (χ1v) is 11.4. The fraction of sp³-hybridized carbons (Fsp3) is 0.222. The van der Waals surface area contributed by atoms with E-state index in [0.29, 0.717) is 19.0 Å². The summed E-state index contributed by atoms with van der Waals surface area (Å²) in [5.74, 6) is 0.902. The van der Waals surface area contributed by atoms with Gasteiger partial charge in [0.2, 0.25) is 5.90 Å². The molecule has 0 amide bonds. The molecule has 34 heavy (non-hydrogen) atoms. The van der Waals surface area contributed by atoms with Gasteiger partial charge in [0, 0.05) is 53.1 Å². The second kappa shape index (κ2) is 8.11. The molecule has 0 aliphatic carbocycles. The molecule has 0 radical (unpaired) electrons. The van der Waals surface area contributed by atoms with E-state index in [1.54, 1.807) is 7.11 Å². The van der Waals surface area contributed by atoms with Gasteiger partial charge >= 0.3 is 5.97 Å². The predicted molar refractivity (Wildman–Crippen MR) is 133 cm³/mol. The molecule has 0 saturated carbocycles. The van der Waals surface area contributed by atoms with E-state index in [4.69, 9.17) is 14.5 Å². The highest BCUT2D eigenvalue weighted by Crippen LogP contribution is 2.34. The number of aromatic nitrogens is 3. The lowest BCUT2D eigenvalue weighted by atomic mass is 10.1. The van der Waals surface area contributed by atoms with Crippen molar-refractivity contribution in [2.75, 3.05) is 20.3 Å². The van der Waals surface area contributed by atoms with E-state index < -0.39 is 0 Å². The highest BCUT2D eigenvalue weighted by molar-refractivity contribution is 6.09. The maximum absolute atomic E-state index is 11.5. The fourth-order valence-corrected chi connectivity index (χ4v) is 4.88. The Hall–Kier alpha value is -3.97. The summed E-state index contributed by atoms with van der Waals surface area (Å²) in [6.07, 6.45) is 0. The van der Waals surface area contributed by atoms with Gasteiger partial charge < -0.3 is 18.6 Å². The largest absolute Gasteiger partial charge is 0.406 e. The van der Waals surface area contributed by atoms with E-state index in [-0.39, 0.29) is 12.5 Å². The normalized spacial score (nSPS) is 13.8. The van der Waals surface area contributed by atoms with Gasteiger partial charge in [0.25, 0.3) is 0 Å². The number of imidazole rings is 1. The molecule has 0 fully saturated rings. The molecule has 1 aliphatic rings. The number of rotatable bonds is 6. The van der Waals surface area contributed by atoms with E-state index in [1.165, 1.54) is 21.8 Å². The van der Waals surface area contributed by atoms with E-state index >= 15 is 0 Å². The van der Waals surface area contributed by atoms with Crippen LogP contribution in [-0.2, 0) is 27.4 Å². The number of methoxy groups -OCH3 is 1. The summed E-state index contributed by atoms with van der Waals surface area (Å²) in [6.45, 7) is 4.39. The van der Waals surface area contributed by atoms with Crippen LogP contribution in [0.1, 0.15) is 12.5 Å². The number of ether oxygens (including phenoxy) is 2. The first-order valence-electron chi connectivity index (χ1n) is 11.4. The number of esters is 1. The van der Waals surface area contributed by atoms with Gasteiger partial charge in [-0.15, -0.1) is 0 Å². The topological polar surface area (TPSA) is 70.6 Å². The van der Waals surface area contributed by atoms with Crippen molar-refractivity contribution in [3.63, 3.8) is 0 Å². The van der Waals surface area contributed by atoms with Crippen molar-refractivity contribution >= 4 is 44.7 Å². The summed E-state index contributed by atoms with van der Waals surface area (Å²) in [5.41, 5.74) is 6.08. The third kappa shape index (κ3) is 3.20. The Morgan fingerprint density at radius 2 is 1.74 bits per heavy atom. The molecule has 0 atom stereocenters. The van der Waals surface area contributed by atoms with Crippen molar-refractivity contribution in [2.45, 2.75) is 20.0 Å². The van der Waals surface area contributed by atoms with Crippen LogP contribution >= 0.6 is 0 Å². The van der Waals surface area contributed by atoms with Crippen LogP contribution in [0.4, 0.5) is 0 Å².